The van der Waals surface area contributed by atoms with Gasteiger partial charge in [0.15, 0.2) is 35.2 Å². The van der Waals surface area contributed by atoms with Gasteiger partial charge in [-0.15, -0.1) is 0 Å². The Hall–Kier alpha value is -4.26. The molecule has 0 spiro atoms. The summed E-state index contributed by atoms with van der Waals surface area (Å²) in [6, 6.07) is 8.82. The molecular weight excluding hydrogens is 564 g/mol. The third-order valence-corrected chi connectivity index (χ3v) is 8.26. The van der Waals surface area contributed by atoms with Crippen LogP contribution in [0.1, 0.15) is 35.7 Å². The van der Waals surface area contributed by atoms with Gasteiger partial charge < -0.3 is 48.1 Å². The fraction of sp³-hybridized carbons (Fsp3) is 0.419. The standard InChI is InChI=1S/C31H30O12/c1-13-25(32)28(42-29(34)14-4-5-14)26(33)31(41-13)43-27-17-10-21(37-3)20(36-2)9-16(17)23(24-18(27)11-38-30(24)35)15-6-7-19-22(8-15)40-12-39-19/h6-10,13-14,25-26,28,31-33H,4-5,11-12H2,1-3H3/t13-,25-,26-,28+,31?/m1/s1. The van der Waals surface area contributed by atoms with Crippen LogP contribution in [0.2, 0.25) is 0 Å². The van der Waals surface area contributed by atoms with Crippen LogP contribution < -0.4 is 23.7 Å². The Morgan fingerprint density at radius 3 is 2.35 bits per heavy atom. The number of fused-ring (bicyclic) bond motifs is 3. The molecule has 2 fully saturated rings. The van der Waals surface area contributed by atoms with Crippen LogP contribution in [-0.2, 0) is 25.6 Å². The van der Waals surface area contributed by atoms with Gasteiger partial charge in [0.1, 0.15) is 18.5 Å². The van der Waals surface area contributed by atoms with Gasteiger partial charge in [-0.25, -0.2) is 4.79 Å². The van der Waals surface area contributed by atoms with E-state index in [4.69, 9.17) is 37.9 Å². The van der Waals surface area contributed by atoms with Gasteiger partial charge in [-0.05, 0) is 55.0 Å². The van der Waals surface area contributed by atoms with Crippen LogP contribution >= 0.6 is 0 Å². The highest BCUT2D eigenvalue weighted by molar-refractivity contribution is 6.14. The molecule has 0 aromatic heterocycles. The molecule has 4 aliphatic rings. The number of carbonyl (C=O) groups excluding carboxylic acids is 2. The Balaban J connectivity index is 1.38. The molecule has 2 N–H and O–H groups in total. The maximum atomic E-state index is 13.3. The molecule has 3 aliphatic heterocycles. The van der Waals surface area contributed by atoms with Crippen molar-refractivity contribution >= 4 is 22.7 Å². The first-order valence-electron chi connectivity index (χ1n) is 14.0. The number of rotatable bonds is 7. The van der Waals surface area contributed by atoms with E-state index in [1.807, 2.05) is 6.07 Å². The van der Waals surface area contributed by atoms with Crippen molar-refractivity contribution in [3.05, 3.63) is 41.5 Å². The summed E-state index contributed by atoms with van der Waals surface area (Å²) in [5.41, 5.74) is 1.92. The minimum absolute atomic E-state index is 0.0886. The van der Waals surface area contributed by atoms with Gasteiger partial charge in [0.2, 0.25) is 13.1 Å². The van der Waals surface area contributed by atoms with Crippen molar-refractivity contribution in [3.63, 3.8) is 0 Å². The average Bonchev–Trinajstić information content (AvgIpc) is 3.65. The highest BCUT2D eigenvalue weighted by atomic mass is 16.7. The van der Waals surface area contributed by atoms with E-state index in [-0.39, 0.29) is 30.6 Å². The highest BCUT2D eigenvalue weighted by Gasteiger charge is 2.48. The quantitative estimate of drug-likeness (QED) is 0.387. The molecule has 5 atom stereocenters. The van der Waals surface area contributed by atoms with E-state index in [1.54, 1.807) is 31.2 Å². The molecule has 0 amide bonds. The summed E-state index contributed by atoms with van der Waals surface area (Å²) >= 11 is 0. The van der Waals surface area contributed by atoms with Crippen molar-refractivity contribution in [2.24, 2.45) is 5.92 Å². The van der Waals surface area contributed by atoms with E-state index in [2.05, 4.69) is 0 Å². The van der Waals surface area contributed by atoms with Crippen LogP contribution in [0.15, 0.2) is 30.3 Å². The molecule has 1 saturated heterocycles. The Bertz CT molecular complexity index is 1630. The van der Waals surface area contributed by atoms with E-state index in [1.165, 1.54) is 14.2 Å². The normalized spacial score (nSPS) is 25.7. The SMILES string of the molecule is COc1cc2c(OC3O[C@H](C)[C@@H](O)[C@H](OC(=O)C4CC4)[C@H]3O)c3c(c(-c4ccc5c(c4)OCO5)c2cc1OC)C(=O)OC3. The minimum atomic E-state index is -1.54. The number of methoxy groups -OCH3 is 2. The van der Waals surface area contributed by atoms with Gasteiger partial charge in [-0.3, -0.25) is 4.79 Å². The molecule has 0 radical (unpaired) electrons. The first-order chi connectivity index (χ1) is 20.8. The molecule has 1 unspecified atom stereocenters. The van der Waals surface area contributed by atoms with E-state index in [0.29, 0.717) is 63.3 Å². The first kappa shape index (κ1) is 27.6. The molecule has 3 heterocycles. The Morgan fingerprint density at radius 1 is 0.907 bits per heavy atom. The maximum absolute atomic E-state index is 13.3. The number of carbonyl (C=O) groups is 2. The molecule has 12 nitrogen and oxygen atoms in total. The molecule has 1 aliphatic carbocycles. The predicted octanol–water partition coefficient (Wildman–Crippen LogP) is 3.09. The molecule has 12 heteroatoms. The monoisotopic (exact) mass is 594 g/mol. The topological polar surface area (TPSA) is 148 Å². The Morgan fingerprint density at radius 2 is 1.63 bits per heavy atom. The lowest BCUT2D eigenvalue weighted by molar-refractivity contribution is -0.273. The lowest BCUT2D eigenvalue weighted by Gasteiger charge is -2.41. The summed E-state index contributed by atoms with van der Waals surface area (Å²) in [7, 11) is 3.00. The number of benzene rings is 3. The van der Waals surface area contributed by atoms with Gasteiger partial charge >= 0.3 is 11.9 Å². The summed E-state index contributed by atoms with van der Waals surface area (Å²) in [4.78, 5) is 25.8. The van der Waals surface area contributed by atoms with E-state index in [0.717, 1.165) is 0 Å². The van der Waals surface area contributed by atoms with Crippen LogP contribution in [0.5, 0.6) is 28.7 Å². The molecule has 226 valence electrons. The number of hydrogen-bond donors (Lipinski definition) is 2. The van der Waals surface area contributed by atoms with Gasteiger partial charge in [-0.2, -0.15) is 0 Å². The number of aliphatic hydroxyl groups is 2. The maximum Gasteiger partial charge on any atom is 0.339 e. The second-order valence-electron chi connectivity index (χ2n) is 10.9. The van der Waals surface area contributed by atoms with Crippen molar-refractivity contribution in [3.8, 4) is 39.9 Å². The molecule has 3 aromatic rings. The molecule has 43 heavy (non-hydrogen) atoms. The number of cyclic esters (lactones) is 1. The van der Waals surface area contributed by atoms with Gasteiger partial charge in [-0.1, -0.05) is 6.07 Å². The zero-order valence-corrected chi connectivity index (χ0v) is 23.7. The van der Waals surface area contributed by atoms with Crippen LogP contribution in [-0.4, -0.2) is 73.9 Å². The predicted molar refractivity (Wildman–Crippen MR) is 147 cm³/mol. The molecule has 0 bridgehead atoms. The number of hydrogen-bond acceptors (Lipinski definition) is 12. The second-order valence-corrected chi connectivity index (χ2v) is 10.9. The van der Waals surface area contributed by atoms with E-state index < -0.39 is 42.6 Å². The summed E-state index contributed by atoms with van der Waals surface area (Å²) in [6.45, 7) is 1.58. The zero-order valence-electron chi connectivity index (χ0n) is 23.7. The summed E-state index contributed by atoms with van der Waals surface area (Å²) < 4.78 is 45.6. The van der Waals surface area contributed by atoms with Crippen molar-refractivity contribution < 1.29 is 57.7 Å². The van der Waals surface area contributed by atoms with Crippen LogP contribution in [0.3, 0.4) is 0 Å². The smallest absolute Gasteiger partial charge is 0.339 e. The molecule has 1 saturated carbocycles. The highest BCUT2D eigenvalue weighted by Crippen LogP contribution is 2.50. The summed E-state index contributed by atoms with van der Waals surface area (Å²) in [5.74, 6) is 0.854. The Kier molecular flexibility index (Phi) is 6.71. The largest absolute Gasteiger partial charge is 0.493 e. The van der Waals surface area contributed by atoms with Crippen LogP contribution in [0.4, 0.5) is 0 Å². The van der Waals surface area contributed by atoms with E-state index >= 15 is 0 Å². The lowest BCUT2D eigenvalue weighted by Crippen LogP contribution is -2.59. The minimum Gasteiger partial charge on any atom is -0.493 e. The molecule has 3 aromatic carbocycles. The third-order valence-electron chi connectivity index (χ3n) is 8.26. The van der Waals surface area contributed by atoms with Crippen molar-refractivity contribution in [1.82, 2.24) is 0 Å². The fourth-order valence-corrected chi connectivity index (χ4v) is 5.79. The number of esters is 2. The Labute approximate surface area is 245 Å². The third kappa shape index (κ3) is 4.57. The molecule has 7 rings (SSSR count). The second kappa shape index (κ2) is 10.5. The van der Waals surface area contributed by atoms with Gasteiger partial charge in [0, 0.05) is 16.5 Å². The first-order valence-corrected chi connectivity index (χ1v) is 14.0. The number of aliphatic hydroxyl groups excluding tert-OH is 2. The summed E-state index contributed by atoms with van der Waals surface area (Å²) in [6.07, 6.45) is -4.88. The van der Waals surface area contributed by atoms with Crippen LogP contribution in [0, 0.1) is 5.92 Å². The number of ether oxygens (including phenoxy) is 8. The molecular formula is C31H30O12. The average molecular weight is 595 g/mol. The van der Waals surface area contributed by atoms with Crippen LogP contribution in [0.25, 0.3) is 21.9 Å². The van der Waals surface area contributed by atoms with Gasteiger partial charge in [0.25, 0.3) is 0 Å². The zero-order chi connectivity index (χ0) is 30.0. The lowest BCUT2D eigenvalue weighted by atomic mass is 9.89. The van der Waals surface area contributed by atoms with E-state index in [9.17, 15) is 19.8 Å². The van der Waals surface area contributed by atoms with Crippen molar-refractivity contribution in [1.29, 1.82) is 0 Å². The van der Waals surface area contributed by atoms with Crippen molar-refractivity contribution in [2.75, 3.05) is 21.0 Å². The fourth-order valence-electron chi connectivity index (χ4n) is 5.79. The van der Waals surface area contributed by atoms with Crippen molar-refractivity contribution in [2.45, 2.75) is 57.1 Å². The van der Waals surface area contributed by atoms with Gasteiger partial charge in [0.05, 0.1) is 31.8 Å². The summed E-state index contributed by atoms with van der Waals surface area (Å²) in [5, 5.41) is 23.1.